The van der Waals surface area contributed by atoms with Gasteiger partial charge in [0.25, 0.3) is 0 Å². The molecule has 1 saturated heterocycles. The third-order valence-corrected chi connectivity index (χ3v) is 5.64. The van der Waals surface area contributed by atoms with Crippen LogP contribution in [0.2, 0.25) is 0 Å². The molecule has 0 aliphatic carbocycles. The number of phenolic OH excluding ortho intramolecular Hbond substituents is 1. The number of rotatable bonds is 6. The van der Waals surface area contributed by atoms with Gasteiger partial charge in [0.2, 0.25) is 5.95 Å². The Hall–Kier alpha value is -2.29. The molecule has 0 saturated carbocycles. The number of hydrogen-bond donors (Lipinski definition) is 2. The van der Waals surface area contributed by atoms with Crippen molar-refractivity contribution in [3.63, 3.8) is 0 Å². The van der Waals surface area contributed by atoms with Crippen molar-refractivity contribution in [3.05, 3.63) is 29.3 Å². The van der Waals surface area contributed by atoms with Gasteiger partial charge in [-0.05, 0) is 43.5 Å². The van der Waals surface area contributed by atoms with Crippen LogP contribution in [0, 0.1) is 6.92 Å². The van der Waals surface area contributed by atoms with Gasteiger partial charge < -0.3 is 15.2 Å². The molecule has 142 valence electrons. The highest BCUT2D eigenvalue weighted by molar-refractivity contribution is 7.17. The topological polar surface area (TPSA) is 83.4 Å². The van der Waals surface area contributed by atoms with Crippen molar-refractivity contribution < 1.29 is 9.84 Å². The minimum absolute atomic E-state index is 0.235. The predicted molar refractivity (Wildman–Crippen MR) is 107 cm³/mol. The SMILES string of the molecule is Cc1nc(NCCCN2CCOCC2)nnc1-c1ccc2sccc2c1O. The van der Waals surface area contributed by atoms with Crippen molar-refractivity contribution in [3.8, 4) is 17.0 Å². The Morgan fingerprint density at radius 3 is 2.89 bits per heavy atom. The molecule has 0 spiro atoms. The molecule has 0 amide bonds. The first-order valence-corrected chi connectivity index (χ1v) is 10.0. The second-order valence-corrected chi connectivity index (χ2v) is 7.55. The third kappa shape index (κ3) is 4.02. The van der Waals surface area contributed by atoms with Crippen LogP contribution >= 0.6 is 11.3 Å². The average molecular weight is 385 g/mol. The third-order valence-electron chi connectivity index (χ3n) is 4.76. The van der Waals surface area contributed by atoms with Gasteiger partial charge in [0.05, 0.1) is 18.9 Å². The number of aromatic nitrogens is 3. The summed E-state index contributed by atoms with van der Waals surface area (Å²) < 4.78 is 6.41. The highest BCUT2D eigenvalue weighted by Crippen LogP contribution is 2.37. The highest BCUT2D eigenvalue weighted by Gasteiger charge is 2.15. The van der Waals surface area contributed by atoms with E-state index >= 15 is 0 Å². The molecule has 0 atom stereocenters. The van der Waals surface area contributed by atoms with Gasteiger partial charge in [0, 0.05) is 35.3 Å². The number of benzene rings is 1. The fourth-order valence-electron chi connectivity index (χ4n) is 3.27. The van der Waals surface area contributed by atoms with E-state index in [0.29, 0.717) is 17.2 Å². The van der Waals surface area contributed by atoms with Crippen molar-refractivity contribution in [2.45, 2.75) is 13.3 Å². The molecule has 0 radical (unpaired) electrons. The Morgan fingerprint density at radius 2 is 2.07 bits per heavy atom. The van der Waals surface area contributed by atoms with Gasteiger partial charge >= 0.3 is 0 Å². The maximum absolute atomic E-state index is 10.6. The number of nitrogens with zero attached hydrogens (tertiary/aromatic N) is 4. The monoisotopic (exact) mass is 385 g/mol. The van der Waals surface area contributed by atoms with Crippen LogP contribution in [0.3, 0.4) is 0 Å². The molecule has 3 heterocycles. The minimum Gasteiger partial charge on any atom is -0.507 e. The number of ether oxygens (including phenoxy) is 1. The minimum atomic E-state index is 0.235. The normalized spacial score (nSPS) is 15.3. The fraction of sp³-hybridized carbons (Fsp3) is 0.421. The number of morpholine rings is 1. The number of aryl methyl sites for hydroxylation is 1. The molecule has 0 bridgehead atoms. The summed E-state index contributed by atoms with van der Waals surface area (Å²) in [6.45, 7) is 7.38. The van der Waals surface area contributed by atoms with Crippen LogP contribution in [0.4, 0.5) is 5.95 Å². The number of fused-ring (bicyclic) bond motifs is 1. The van der Waals surface area contributed by atoms with E-state index in [-0.39, 0.29) is 5.75 Å². The Kier molecular flexibility index (Phi) is 5.47. The summed E-state index contributed by atoms with van der Waals surface area (Å²) >= 11 is 1.60. The van der Waals surface area contributed by atoms with Crippen molar-refractivity contribution >= 4 is 27.4 Å². The second-order valence-electron chi connectivity index (χ2n) is 6.60. The number of phenols is 1. The summed E-state index contributed by atoms with van der Waals surface area (Å²) in [7, 11) is 0. The van der Waals surface area contributed by atoms with Gasteiger partial charge in [0.15, 0.2) is 0 Å². The molecule has 27 heavy (non-hydrogen) atoms. The maximum Gasteiger partial charge on any atom is 0.242 e. The van der Waals surface area contributed by atoms with Crippen LogP contribution in [0.15, 0.2) is 23.6 Å². The van der Waals surface area contributed by atoms with Crippen LogP contribution in [0.5, 0.6) is 5.75 Å². The zero-order valence-electron chi connectivity index (χ0n) is 15.3. The largest absolute Gasteiger partial charge is 0.507 e. The fourth-order valence-corrected chi connectivity index (χ4v) is 4.06. The lowest BCUT2D eigenvalue weighted by atomic mass is 10.1. The standard InChI is InChI=1S/C19H23N5O2S/c1-13-17(15-3-4-16-14(18(15)25)5-12-27-16)22-23-19(21-13)20-6-2-7-24-8-10-26-11-9-24/h3-5,12,25H,2,6-11H2,1H3,(H,20,21,23). The predicted octanol–water partition coefficient (Wildman–Crippen LogP) is 2.90. The summed E-state index contributed by atoms with van der Waals surface area (Å²) in [5, 5.41) is 25.1. The summed E-state index contributed by atoms with van der Waals surface area (Å²) in [6.07, 6.45) is 1.01. The Balaban J connectivity index is 1.40. The van der Waals surface area contributed by atoms with Gasteiger partial charge in [0.1, 0.15) is 11.4 Å². The Labute approximate surface area is 162 Å². The molecule has 1 aromatic carbocycles. The van der Waals surface area contributed by atoms with Crippen LogP contribution in [0.1, 0.15) is 12.1 Å². The van der Waals surface area contributed by atoms with E-state index in [1.54, 1.807) is 11.3 Å². The van der Waals surface area contributed by atoms with E-state index in [4.69, 9.17) is 4.74 Å². The molecular weight excluding hydrogens is 362 g/mol. The molecule has 8 heteroatoms. The molecule has 1 fully saturated rings. The summed E-state index contributed by atoms with van der Waals surface area (Å²) in [5.41, 5.74) is 2.02. The Morgan fingerprint density at radius 1 is 1.22 bits per heavy atom. The van der Waals surface area contributed by atoms with Gasteiger partial charge in [-0.1, -0.05) is 0 Å². The lowest BCUT2D eigenvalue weighted by molar-refractivity contribution is 0.0378. The van der Waals surface area contributed by atoms with E-state index in [1.807, 2.05) is 30.5 Å². The van der Waals surface area contributed by atoms with E-state index in [9.17, 15) is 5.11 Å². The zero-order chi connectivity index (χ0) is 18.6. The molecule has 1 aliphatic rings. The van der Waals surface area contributed by atoms with Gasteiger partial charge in [-0.3, -0.25) is 4.90 Å². The second kappa shape index (κ2) is 8.16. The summed E-state index contributed by atoms with van der Waals surface area (Å²) in [5.74, 6) is 0.758. The molecule has 3 aromatic rings. The summed E-state index contributed by atoms with van der Waals surface area (Å²) in [4.78, 5) is 6.92. The molecule has 2 aromatic heterocycles. The van der Waals surface area contributed by atoms with E-state index in [1.165, 1.54) is 0 Å². The number of thiophene rings is 1. The first-order valence-electron chi connectivity index (χ1n) is 9.17. The quantitative estimate of drug-likeness (QED) is 0.631. The average Bonchev–Trinajstić information content (AvgIpc) is 3.17. The smallest absolute Gasteiger partial charge is 0.242 e. The van der Waals surface area contributed by atoms with Crippen molar-refractivity contribution in [1.82, 2.24) is 20.1 Å². The Bertz CT molecular complexity index is 924. The summed E-state index contributed by atoms with van der Waals surface area (Å²) in [6, 6.07) is 5.79. The number of aromatic hydroxyl groups is 1. The van der Waals surface area contributed by atoms with Crippen LogP contribution < -0.4 is 5.32 Å². The molecular formula is C19H23N5O2S. The number of anilines is 1. The van der Waals surface area contributed by atoms with Crippen LogP contribution in [-0.4, -0.2) is 64.6 Å². The molecule has 0 unspecified atom stereocenters. The van der Waals surface area contributed by atoms with Gasteiger partial charge in [-0.15, -0.1) is 21.5 Å². The van der Waals surface area contributed by atoms with Crippen molar-refractivity contribution in [2.75, 3.05) is 44.7 Å². The van der Waals surface area contributed by atoms with Crippen LogP contribution in [-0.2, 0) is 4.74 Å². The lowest BCUT2D eigenvalue weighted by Gasteiger charge is -2.26. The van der Waals surface area contributed by atoms with Crippen LogP contribution in [0.25, 0.3) is 21.3 Å². The zero-order valence-corrected chi connectivity index (χ0v) is 16.1. The van der Waals surface area contributed by atoms with E-state index in [0.717, 1.165) is 61.6 Å². The molecule has 1 aliphatic heterocycles. The van der Waals surface area contributed by atoms with Gasteiger partial charge in [-0.25, -0.2) is 4.98 Å². The first-order chi connectivity index (χ1) is 13.2. The van der Waals surface area contributed by atoms with E-state index < -0.39 is 0 Å². The van der Waals surface area contributed by atoms with Crippen molar-refractivity contribution in [1.29, 1.82) is 0 Å². The molecule has 4 rings (SSSR count). The van der Waals surface area contributed by atoms with Gasteiger partial charge in [-0.2, -0.15) is 0 Å². The lowest BCUT2D eigenvalue weighted by Crippen LogP contribution is -2.37. The molecule has 7 nitrogen and oxygen atoms in total. The molecule has 2 N–H and O–H groups in total. The maximum atomic E-state index is 10.6. The first kappa shape index (κ1) is 18.1. The van der Waals surface area contributed by atoms with E-state index in [2.05, 4.69) is 25.4 Å². The number of nitrogens with one attached hydrogen (secondary N) is 1. The highest BCUT2D eigenvalue weighted by atomic mass is 32.1. The number of hydrogen-bond acceptors (Lipinski definition) is 8. The van der Waals surface area contributed by atoms with Crippen molar-refractivity contribution in [2.24, 2.45) is 0 Å².